The Morgan fingerprint density at radius 2 is 1.94 bits per heavy atom. The molecule has 0 bridgehead atoms. The Hall–Kier alpha value is -2.52. The van der Waals surface area contributed by atoms with Gasteiger partial charge in [0, 0.05) is 38.4 Å². The zero-order chi connectivity index (χ0) is 22.1. The van der Waals surface area contributed by atoms with E-state index in [9.17, 15) is 4.79 Å². The lowest BCUT2D eigenvalue weighted by molar-refractivity contribution is -0.115. The summed E-state index contributed by atoms with van der Waals surface area (Å²) in [5, 5.41) is 2.66. The largest absolute Gasteiger partial charge is 0.307 e. The lowest BCUT2D eigenvalue weighted by atomic mass is 10.1. The lowest BCUT2D eigenvalue weighted by Crippen LogP contribution is -2.45. The van der Waals surface area contributed by atoms with Crippen molar-refractivity contribution in [2.24, 2.45) is 0 Å². The SMILES string of the molecule is CCN1CCN(Cc2cccc(-n3cnc4ccc(/C=C5\SC(=S)NC5=O)cc43)c2)CC1. The molecular weight excluding hydrogens is 438 g/mol. The molecule has 2 aliphatic heterocycles. The molecule has 8 heteroatoms. The molecule has 0 unspecified atom stereocenters. The molecule has 6 nitrogen and oxygen atoms in total. The number of hydrogen-bond donors (Lipinski definition) is 1. The van der Waals surface area contributed by atoms with Gasteiger partial charge in [0.1, 0.15) is 10.6 Å². The van der Waals surface area contributed by atoms with E-state index in [1.165, 1.54) is 17.3 Å². The zero-order valence-electron chi connectivity index (χ0n) is 18.0. The monoisotopic (exact) mass is 463 g/mol. The fourth-order valence-electron chi connectivity index (χ4n) is 4.22. The van der Waals surface area contributed by atoms with Crippen LogP contribution in [-0.4, -0.2) is 62.3 Å². The maximum atomic E-state index is 12.0. The second-order valence-corrected chi connectivity index (χ2v) is 9.81. The van der Waals surface area contributed by atoms with Crippen molar-refractivity contribution in [3.8, 4) is 5.69 Å². The zero-order valence-corrected chi connectivity index (χ0v) is 19.6. The van der Waals surface area contributed by atoms with Crippen LogP contribution in [0.5, 0.6) is 0 Å². The van der Waals surface area contributed by atoms with Crippen molar-refractivity contribution in [2.75, 3.05) is 32.7 Å². The number of benzene rings is 2. The highest BCUT2D eigenvalue weighted by atomic mass is 32.2. The molecule has 0 radical (unpaired) electrons. The first-order valence-corrected chi connectivity index (χ1v) is 12.1. The van der Waals surface area contributed by atoms with Crippen LogP contribution >= 0.6 is 24.0 Å². The molecule has 1 N–H and O–H groups in total. The highest BCUT2D eigenvalue weighted by Gasteiger charge is 2.22. The summed E-state index contributed by atoms with van der Waals surface area (Å²) >= 11 is 6.39. The first-order chi connectivity index (χ1) is 15.6. The van der Waals surface area contributed by atoms with Gasteiger partial charge in [-0.05, 0) is 48.0 Å². The van der Waals surface area contributed by atoms with Crippen LogP contribution in [0.4, 0.5) is 0 Å². The molecule has 3 heterocycles. The van der Waals surface area contributed by atoms with Crippen molar-refractivity contribution in [2.45, 2.75) is 13.5 Å². The fourth-order valence-corrected chi connectivity index (χ4v) is 5.26. The molecule has 2 saturated heterocycles. The molecule has 0 saturated carbocycles. The highest BCUT2D eigenvalue weighted by Crippen LogP contribution is 2.27. The molecule has 164 valence electrons. The summed E-state index contributed by atoms with van der Waals surface area (Å²) in [4.78, 5) is 22.2. The van der Waals surface area contributed by atoms with E-state index in [2.05, 4.69) is 61.9 Å². The van der Waals surface area contributed by atoms with Gasteiger partial charge in [0.05, 0.1) is 15.9 Å². The number of imidazole rings is 1. The van der Waals surface area contributed by atoms with Gasteiger partial charge in [-0.1, -0.05) is 49.1 Å². The number of piperazine rings is 1. The minimum Gasteiger partial charge on any atom is -0.307 e. The smallest absolute Gasteiger partial charge is 0.263 e. The Morgan fingerprint density at radius 1 is 1.12 bits per heavy atom. The van der Waals surface area contributed by atoms with Crippen LogP contribution in [-0.2, 0) is 11.3 Å². The Balaban J connectivity index is 1.40. The second kappa shape index (κ2) is 9.15. The number of rotatable bonds is 5. The molecule has 2 fully saturated rings. The summed E-state index contributed by atoms with van der Waals surface area (Å²) < 4.78 is 2.61. The van der Waals surface area contributed by atoms with Crippen molar-refractivity contribution in [3.63, 3.8) is 0 Å². The quantitative estimate of drug-likeness (QED) is 0.461. The van der Waals surface area contributed by atoms with E-state index in [1.54, 1.807) is 0 Å². The Kier molecular flexibility index (Phi) is 6.10. The van der Waals surface area contributed by atoms with Crippen molar-refractivity contribution < 1.29 is 4.79 Å². The summed E-state index contributed by atoms with van der Waals surface area (Å²) in [5.41, 5.74) is 5.29. The van der Waals surface area contributed by atoms with E-state index in [1.807, 2.05) is 24.5 Å². The number of nitrogens with zero attached hydrogens (tertiary/aromatic N) is 4. The number of amides is 1. The predicted molar refractivity (Wildman–Crippen MR) is 135 cm³/mol. The standard InChI is InChI=1S/C24H25N5OS2/c1-2-27-8-10-28(11-9-27)15-18-4-3-5-19(12-18)29-16-25-20-7-6-17(13-21(20)29)14-22-23(30)26-24(31)32-22/h3-7,12-14,16H,2,8-11,15H2,1H3,(H,26,30,31)/b22-14-. The van der Waals surface area contributed by atoms with Gasteiger partial charge < -0.3 is 10.2 Å². The molecule has 0 aliphatic carbocycles. The van der Waals surface area contributed by atoms with E-state index in [0.717, 1.165) is 61.6 Å². The second-order valence-electron chi connectivity index (χ2n) is 8.10. The third-order valence-electron chi connectivity index (χ3n) is 6.02. The van der Waals surface area contributed by atoms with Crippen LogP contribution in [0.3, 0.4) is 0 Å². The minimum absolute atomic E-state index is 0.138. The van der Waals surface area contributed by atoms with Crippen LogP contribution in [0, 0.1) is 0 Å². The first-order valence-electron chi connectivity index (χ1n) is 10.8. The van der Waals surface area contributed by atoms with E-state index >= 15 is 0 Å². The Morgan fingerprint density at radius 3 is 2.69 bits per heavy atom. The lowest BCUT2D eigenvalue weighted by Gasteiger charge is -2.34. The molecule has 0 atom stereocenters. The van der Waals surface area contributed by atoms with Gasteiger partial charge in [-0.15, -0.1) is 0 Å². The number of hydrogen-bond acceptors (Lipinski definition) is 6. The van der Waals surface area contributed by atoms with Crippen LogP contribution in [0.15, 0.2) is 53.7 Å². The molecule has 3 aromatic rings. The molecule has 2 aromatic carbocycles. The van der Waals surface area contributed by atoms with E-state index in [-0.39, 0.29) is 5.91 Å². The van der Waals surface area contributed by atoms with Crippen LogP contribution in [0.1, 0.15) is 18.1 Å². The number of carbonyl (C=O) groups is 1. The Bertz CT molecular complexity index is 1210. The van der Waals surface area contributed by atoms with Crippen molar-refractivity contribution in [1.82, 2.24) is 24.7 Å². The maximum Gasteiger partial charge on any atom is 0.263 e. The number of aromatic nitrogens is 2. The van der Waals surface area contributed by atoms with Gasteiger partial charge in [0.25, 0.3) is 5.91 Å². The number of nitrogens with one attached hydrogen (secondary N) is 1. The normalized spacial score (nSPS) is 19.2. The van der Waals surface area contributed by atoms with Crippen LogP contribution in [0.25, 0.3) is 22.8 Å². The molecule has 2 aliphatic rings. The summed E-state index contributed by atoms with van der Waals surface area (Å²) in [5.74, 6) is -0.138. The summed E-state index contributed by atoms with van der Waals surface area (Å²) in [6, 6.07) is 14.7. The summed E-state index contributed by atoms with van der Waals surface area (Å²) in [7, 11) is 0. The van der Waals surface area contributed by atoms with Gasteiger partial charge in [-0.3, -0.25) is 14.3 Å². The van der Waals surface area contributed by atoms with Crippen molar-refractivity contribution in [3.05, 3.63) is 64.8 Å². The number of likely N-dealkylation sites (N-methyl/N-ethyl adjacent to an activating group) is 1. The molecule has 5 rings (SSSR count). The minimum atomic E-state index is -0.138. The average molecular weight is 464 g/mol. The molecule has 32 heavy (non-hydrogen) atoms. The van der Waals surface area contributed by atoms with Crippen LogP contribution in [0.2, 0.25) is 0 Å². The number of carbonyl (C=O) groups excluding carboxylic acids is 1. The van der Waals surface area contributed by atoms with E-state index in [4.69, 9.17) is 12.2 Å². The molecule has 0 spiro atoms. The molecule has 1 aromatic heterocycles. The topological polar surface area (TPSA) is 53.4 Å². The van der Waals surface area contributed by atoms with Crippen molar-refractivity contribution in [1.29, 1.82) is 0 Å². The number of thioether (sulfide) groups is 1. The predicted octanol–water partition coefficient (Wildman–Crippen LogP) is 3.65. The van der Waals surface area contributed by atoms with Gasteiger partial charge in [-0.2, -0.15) is 0 Å². The van der Waals surface area contributed by atoms with E-state index < -0.39 is 0 Å². The first kappa shape index (κ1) is 21.3. The van der Waals surface area contributed by atoms with Crippen molar-refractivity contribution >= 4 is 51.3 Å². The van der Waals surface area contributed by atoms with Gasteiger partial charge in [0.2, 0.25) is 0 Å². The number of thiocarbonyl (C=S) groups is 1. The van der Waals surface area contributed by atoms with Crippen LogP contribution < -0.4 is 5.32 Å². The van der Waals surface area contributed by atoms with Gasteiger partial charge >= 0.3 is 0 Å². The van der Waals surface area contributed by atoms with Gasteiger partial charge in [0.15, 0.2) is 0 Å². The summed E-state index contributed by atoms with van der Waals surface area (Å²) in [6.45, 7) is 8.82. The third-order valence-corrected chi connectivity index (χ3v) is 7.18. The number of fused-ring (bicyclic) bond motifs is 1. The molecule has 1 amide bonds. The fraction of sp³-hybridized carbons (Fsp3) is 0.292. The average Bonchev–Trinajstić information content (AvgIpc) is 3.36. The highest BCUT2D eigenvalue weighted by molar-refractivity contribution is 8.26. The summed E-state index contributed by atoms with van der Waals surface area (Å²) in [6.07, 6.45) is 3.75. The van der Waals surface area contributed by atoms with Gasteiger partial charge in [-0.25, -0.2) is 4.98 Å². The molecular formula is C24H25N5OS2. The third kappa shape index (κ3) is 4.49. The Labute approximate surface area is 197 Å². The maximum absolute atomic E-state index is 12.0. The van der Waals surface area contributed by atoms with E-state index in [0.29, 0.717) is 9.23 Å².